The fourth-order valence-electron chi connectivity index (χ4n) is 0.157. The van der Waals surface area contributed by atoms with Crippen molar-refractivity contribution >= 4 is 37.8 Å². The number of nitrogens with two attached hydrogens (primary N) is 1. The molecule has 0 aromatic rings. The summed E-state index contributed by atoms with van der Waals surface area (Å²) in [5.41, 5.74) is 4.79. The summed E-state index contributed by atoms with van der Waals surface area (Å²) >= 11 is 5.62. The summed E-state index contributed by atoms with van der Waals surface area (Å²) in [4.78, 5) is 10.2. The van der Waals surface area contributed by atoms with Crippen LogP contribution in [-0.2, 0) is 4.79 Å². The SMILES string of the molecule is N#CC(Br)=C(Br)C(N)=O. The molecule has 1 amide bonds. The van der Waals surface area contributed by atoms with Gasteiger partial charge in [0, 0.05) is 0 Å². The molecule has 48 valence electrons. The molecule has 0 aliphatic rings. The van der Waals surface area contributed by atoms with Crippen LogP contribution in [-0.4, -0.2) is 5.91 Å². The third-order valence-electron chi connectivity index (χ3n) is 0.507. The molecule has 0 aliphatic heterocycles. The Hall–Kier alpha value is -0.340. The number of carbonyl (C=O) groups excluding carboxylic acids is 1. The Bertz CT molecular complexity index is 203. The molecule has 0 rings (SSSR count). The molecule has 0 aromatic carbocycles. The molecular formula is C4H2Br2N2O. The molecule has 9 heavy (non-hydrogen) atoms. The second-order valence-electron chi connectivity index (χ2n) is 1.10. The number of hydrogen-bond donors (Lipinski definition) is 1. The van der Waals surface area contributed by atoms with E-state index in [0.717, 1.165) is 0 Å². The van der Waals surface area contributed by atoms with Crippen molar-refractivity contribution in [2.75, 3.05) is 0 Å². The lowest BCUT2D eigenvalue weighted by Crippen LogP contribution is -2.10. The van der Waals surface area contributed by atoms with Crippen LogP contribution in [0.1, 0.15) is 0 Å². The first kappa shape index (κ1) is 8.66. The zero-order valence-corrected chi connectivity index (χ0v) is 7.36. The second-order valence-corrected chi connectivity index (χ2v) is 2.69. The fraction of sp³-hybridized carbons (Fsp3) is 0. The summed E-state index contributed by atoms with van der Waals surface area (Å²) in [6.07, 6.45) is 0. The van der Waals surface area contributed by atoms with E-state index in [0.29, 0.717) is 0 Å². The quantitative estimate of drug-likeness (QED) is 0.560. The van der Waals surface area contributed by atoms with E-state index >= 15 is 0 Å². The van der Waals surface area contributed by atoms with Crippen molar-refractivity contribution in [3.63, 3.8) is 0 Å². The first-order chi connectivity index (χ1) is 4.09. The Labute approximate surface area is 68.8 Å². The number of nitrogens with zero attached hydrogens (tertiary/aromatic N) is 1. The smallest absolute Gasteiger partial charge is 0.257 e. The van der Waals surface area contributed by atoms with Crippen molar-refractivity contribution < 1.29 is 4.79 Å². The summed E-state index contributed by atoms with van der Waals surface area (Å²) in [5.74, 6) is -0.663. The standard InChI is InChI=1S/C4H2Br2N2O/c5-2(1-7)3(6)4(8)9/h(H2,8,9). The number of amides is 1. The minimum atomic E-state index is -0.663. The highest BCUT2D eigenvalue weighted by molar-refractivity contribution is 9.14. The molecule has 0 aliphatic carbocycles. The van der Waals surface area contributed by atoms with Gasteiger partial charge in [-0.25, -0.2) is 0 Å². The molecule has 0 aromatic heterocycles. The van der Waals surface area contributed by atoms with Crippen molar-refractivity contribution in [3.05, 3.63) is 8.96 Å². The summed E-state index contributed by atoms with van der Waals surface area (Å²) in [7, 11) is 0. The summed E-state index contributed by atoms with van der Waals surface area (Å²) < 4.78 is 0.167. The average Bonchev–Trinajstić information content (AvgIpc) is 1.84. The van der Waals surface area contributed by atoms with Crippen LogP contribution in [0.15, 0.2) is 8.96 Å². The Morgan fingerprint density at radius 3 is 2.11 bits per heavy atom. The van der Waals surface area contributed by atoms with Gasteiger partial charge in [-0.2, -0.15) is 5.26 Å². The van der Waals surface area contributed by atoms with Crippen molar-refractivity contribution in [3.8, 4) is 6.07 Å². The van der Waals surface area contributed by atoms with Crippen LogP contribution in [0, 0.1) is 11.3 Å². The first-order valence-corrected chi connectivity index (χ1v) is 3.43. The Kier molecular flexibility index (Phi) is 3.50. The van der Waals surface area contributed by atoms with Gasteiger partial charge in [-0.15, -0.1) is 0 Å². The number of primary amides is 1. The number of rotatable bonds is 1. The van der Waals surface area contributed by atoms with Crippen LogP contribution in [0.3, 0.4) is 0 Å². The number of hydrogen-bond acceptors (Lipinski definition) is 2. The molecule has 0 radical (unpaired) electrons. The van der Waals surface area contributed by atoms with Gasteiger partial charge in [0.2, 0.25) is 0 Å². The lowest BCUT2D eigenvalue weighted by molar-refractivity contribution is -0.113. The van der Waals surface area contributed by atoms with Gasteiger partial charge >= 0.3 is 0 Å². The van der Waals surface area contributed by atoms with Crippen LogP contribution < -0.4 is 5.73 Å². The van der Waals surface area contributed by atoms with E-state index in [4.69, 9.17) is 11.0 Å². The normalized spacial score (nSPS) is 11.7. The maximum absolute atomic E-state index is 10.2. The van der Waals surface area contributed by atoms with Gasteiger partial charge in [0.05, 0.1) is 0 Å². The summed E-state index contributed by atoms with van der Waals surface area (Å²) in [6, 6.07) is 1.69. The zero-order chi connectivity index (χ0) is 7.44. The Morgan fingerprint density at radius 1 is 1.56 bits per heavy atom. The van der Waals surface area contributed by atoms with E-state index in [-0.39, 0.29) is 8.96 Å². The highest BCUT2D eigenvalue weighted by atomic mass is 79.9. The highest BCUT2D eigenvalue weighted by Gasteiger charge is 2.04. The van der Waals surface area contributed by atoms with Gasteiger partial charge < -0.3 is 5.73 Å². The molecule has 0 saturated heterocycles. The molecular weight excluding hydrogens is 252 g/mol. The van der Waals surface area contributed by atoms with E-state index < -0.39 is 5.91 Å². The lowest BCUT2D eigenvalue weighted by Gasteiger charge is -1.87. The maximum atomic E-state index is 10.2. The van der Waals surface area contributed by atoms with E-state index in [1.165, 1.54) is 0 Å². The molecule has 0 spiro atoms. The van der Waals surface area contributed by atoms with Crippen LogP contribution in [0.2, 0.25) is 0 Å². The average molecular weight is 254 g/mol. The molecule has 0 bridgehead atoms. The molecule has 3 nitrogen and oxygen atoms in total. The lowest BCUT2D eigenvalue weighted by atomic mass is 10.5. The predicted octanol–water partition coefficient (Wildman–Crippen LogP) is 0.997. The number of nitriles is 1. The van der Waals surface area contributed by atoms with Gasteiger partial charge in [-0.05, 0) is 31.9 Å². The molecule has 0 unspecified atom stereocenters. The van der Waals surface area contributed by atoms with Crippen molar-refractivity contribution in [1.82, 2.24) is 0 Å². The van der Waals surface area contributed by atoms with Crippen LogP contribution in [0.25, 0.3) is 0 Å². The van der Waals surface area contributed by atoms with Crippen molar-refractivity contribution in [2.24, 2.45) is 5.73 Å². The number of halogens is 2. The molecule has 0 fully saturated rings. The van der Waals surface area contributed by atoms with Gasteiger partial charge in [0.25, 0.3) is 5.91 Å². The van der Waals surface area contributed by atoms with Crippen molar-refractivity contribution in [2.45, 2.75) is 0 Å². The first-order valence-electron chi connectivity index (χ1n) is 1.84. The predicted molar refractivity (Wildman–Crippen MR) is 39.7 cm³/mol. The zero-order valence-electron chi connectivity index (χ0n) is 4.19. The third-order valence-corrected chi connectivity index (χ3v) is 2.40. The molecule has 0 atom stereocenters. The van der Waals surface area contributed by atoms with Gasteiger partial charge in [0.15, 0.2) is 0 Å². The summed E-state index contributed by atoms with van der Waals surface area (Å²) in [5, 5.41) is 8.16. The number of carbonyl (C=O) groups is 1. The van der Waals surface area contributed by atoms with Gasteiger partial charge in [0.1, 0.15) is 15.0 Å². The minimum Gasteiger partial charge on any atom is -0.365 e. The summed E-state index contributed by atoms with van der Waals surface area (Å²) in [6.45, 7) is 0. The number of allylic oxidation sites excluding steroid dienone is 1. The monoisotopic (exact) mass is 252 g/mol. The van der Waals surface area contributed by atoms with E-state index in [1.54, 1.807) is 6.07 Å². The molecule has 5 heteroatoms. The van der Waals surface area contributed by atoms with Gasteiger partial charge in [-0.1, -0.05) is 0 Å². The second kappa shape index (κ2) is 3.64. The van der Waals surface area contributed by atoms with E-state index in [9.17, 15) is 4.79 Å². The van der Waals surface area contributed by atoms with Crippen LogP contribution in [0.4, 0.5) is 0 Å². The van der Waals surface area contributed by atoms with Crippen LogP contribution >= 0.6 is 31.9 Å². The van der Waals surface area contributed by atoms with E-state index in [1.807, 2.05) is 0 Å². The Balaban J connectivity index is 4.54. The van der Waals surface area contributed by atoms with Gasteiger partial charge in [-0.3, -0.25) is 4.79 Å². The Morgan fingerprint density at radius 2 is 2.00 bits per heavy atom. The molecule has 0 heterocycles. The fourth-order valence-corrected chi connectivity index (χ4v) is 0.441. The minimum absolute atomic E-state index is 0.0602. The third kappa shape index (κ3) is 2.63. The topological polar surface area (TPSA) is 66.9 Å². The van der Waals surface area contributed by atoms with Crippen LogP contribution in [0.5, 0.6) is 0 Å². The highest BCUT2D eigenvalue weighted by Crippen LogP contribution is 2.15. The molecule has 0 saturated carbocycles. The van der Waals surface area contributed by atoms with Crippen molar-refractivity contribution in [1.29, 1.82) is 5.26 Å². The molecule has 2 N–H and O–H groups in total. The van der Waals surface area contributed by atoms with E-state index in [2.05, 4.69) is 31.9 Å². The largest absolute Gasteiger partial charge is 0.365 e. The maximum Gasteiger partial charge on any atom is 0.257 e.